The Bertz CT molecular complexity index is 2590. The maximum atomic E-state index is 12.7. The van der Waals surface area contributed by atoms with Gasteiger partial charge >= 0.3 is 0 Å². The molecule has 15 nitrogen and oxygen atoms in total. The predicted molar refractivity (Wildman–Crippen MR) is 344 cm³/mol. The summed E-state index contributed by atoms with van der Waals surface area (Å²) in [4.78, 5) is 60.0. The first-order chi connectivity index (χ1) is 41.4. The zero-order chi connectivity index (χ0) is 59.2. The molecule has 0 spiro atoms. The Morgan fingerprint density at radius 1 is 0.412 bits per heavy atom. The van der Waals surface area contributed by atoms with Gasteiger partial charge in [0.1, 0.15) is 11.4 Å². The SMILES string of the molecule is CC(=O)N(c1ccccc1N)C1C[C@H]2CCC[C@@H](C1)N2C1CCCCCCC1.CC(=O)N(c1ccccc1[N+](=O)[O-])C1C[C@H]2CCC[C@@H](C1)N2C1CCCCCCC1.O=[N+]([O-])c1ccccc1NC1C[C@H]2CCC[C@@H](C1)N2C1CCCCCCC1. The van der Waals surface area contributed by atoms with E-state index in [1.165, 1.54) is 199 Å². The van der Waals surface area contributed by atoms with Gasteiger partial charge in [-0.25, -0.2) is 0 Å². The molecule has 3 N–H and O–H groups in total. The van der Waals surface area contributed by atoms with Gasteiger partial charge in [0.2, 0.25) is 11.8 Å². The van der Waals surface area contributed by atoms with Crippen molar-refractivity contribution in [2.45, 2.75) is 317 Å². The summed E-state index contributed by atoms with van der Waals surface area (Å²) in [5, 5.41) is 26.5. The Kier molecular flexibility index (Phi) is 22.7. The lowest BCUT2D eigenvalue weighted by atomic mass is 9.78. The zero-order valence-corrected chi connectivity index (χ0v) is 52.0. The Balaban J connectivity index is 0.000000142. The number of hydrogen-bond acceptors (Lipinski definition) is 11. The van der Waals surface area contributed by atoms with E-state index in [4.69, 9.17) is 5.73 Å². The van der Waals surface area contributed by atoms with E-state index in [-0.39, 0.29) is 45.1 Å². The molecule has 3 aliphatic carbocycles. The van der Waals surface area contributed by atoms with Crippen LogP contribution in [0.5, 0.6) is 0 Å². The van der Waals surface area contributed by atoms with Gasteiger partial charge in [0.05, 0.1) is 21.2 Å². The highest BCUT2D eigenvalue weighted by atomic mass is 16.6. The minimum Gasteiger partial charge on any atom is -0.397 e. The molecule has 3 saturated carbocycles. The van der Waals surface area contributed by atoms with Crippen LogP contribution in [0.15, 0.2) is 72.8 Å². The van der Waals surface area contributed by atoms with E-state index in [1.54, 1.807) is 49.1 Å². The van der Waals surface area contributed by atoms with Crippen molar-refractivity contribution in [2.75, 3.05) is 20.9 Å². The first-order valence-electron chi connectivity index (χ1n) is 34.4. The molecule has 6 saturated heterocycles. The second-order valence-corrected chi connectivity index (χ2v) is 27.5. The van der Waals surface area contributed by atoms with Crippen LogP contribution < -0.4 is 20.9 Å². The Labute approximate surface area is 509 Å². The number of piperidine rings is 6. The molecule has 6 aliphatic heterocycles. The van der Waals surface area contributed by atoms with Crippen LogP contribution in [0.25, 0.3) is 0 Å². The van der Waals surface area contributed by atoms with E-state index in [0.29, 0.717) is 65.4 Å². The minimum atomic E-state index is -0.365. The predicted octanol–water partition coefficient (Wildman–Crippen LogP) is 16.1. The molecule has 466 valence electrons. The molecule has 6 bridgehead atoms. The van der Waals surface area contributed by atoms with Gasteiger partial charge in [0.25, 0.3) is 11.4 Å². The number of nitrogens with one attached hydrogen (secondary N) is 1. The molecule has 15 heteroatoms. The van der Waals surface area contributed by atoms with Crippen molar-refractivity contribution in [1.29, 1.82) is 0 Å². The fourth-order valence-electron chi connectivity index (χ4n) is 18.5. The summed E-state index contributed by atoms with van der Waals surface area (Å²) in [7, 11) is 0. The first-order valence-corrected chi connectivity index (χ1v) is 34.4. The van der Waals surface area contributed by atoms with Crippen molar-refractivity contribution >= 4 is 45.9 Å². The Morgan fingerprint density at radius 3 is 1.09 bits per heavy atom. The third-order valence-corrected chi connectivity index (χ3v) is 21.9. The van der Waals surface area contributed by atoms with Crippen molar-refractivity contribution in [1.82, 2.24) is 14.7 Å². The second kappa shape index (κ2) is 30.7. The number of hydrogen-bond donors (Lipinski definition) is 2. The average molecular weight is 1170 g/mol. The van der Waals surface area contributed by atoms with Gasteiger partial charge in [-0.05, 0) is 140 Å². The third kappa shape index (κ3) is 15.8. The topological polar surface area (TPSA) is 175 Å². The standard InChI is InChI=1S/C24H35N3O3.C24H37N3O.C22H33N3O2/c1-18(28)25(23-14-7-8-15-24(23)27(29)30)22-16-20-12-9-13-21(17-22)26(20)19-10-5-3-2-4-6-11-19;1-18(28)26(24-15-8-7-14-23(24)25)22-16-20-12-9-13-21(17-22)27(20)19-10-5-3-2-4-6-11-19;26-25(27)22-14-7-6-13-21(22)23-17-15-19-11-8-12-20(16-17)24(19)18-9-4-2-1-3-5-10-18/h7-8,14-15,19-22H,2-6,9-13,16-17H2,1H3;7-8,14-15,19-22H,2-6,9-13,16-17,25H2,1H3;6-7,13-14,17-20,23H,1-5,8-12,15-16H2/t2*20-,21+,22?;17?,19-,20+. The Morgan fingerprint density at radius 2 is 0.718 bits per heavy atom. The molecule has 3 unspecified atom stereocenters. The molecule has 85 heavy (non-hydrogen) atoms. The number of amides is 2. The van der Waals surface area contributed by atoms with Gasteiger partial charge in [-0.2, -0.15) is 0 Å². The van der Waals surface area contributed by atoms with Crippen LogP contribution in [0.2, 0.25) is 0 Å². The summed E-state index contributed by atoms with van der Waals surface area (Å²) in [5.74, 6) is 0.0344. The molecule has 3 aromatic carbocycles. The molecule has 9 fully saturated rings. The lowest BCUT2D eigenvalue weighted by Crippen LogP contribution is -2.60. The van der Waals surface area contributed by atoms with Crippen molar-refractivity contribution in [3.05, 3.63) is 93.0 Å². The number of carbonyl (C=O) groups is 2. The molecule has 0 radical (unpaired) electrons. The van der Waals surface area contributed by atoms with Crippen molar-refractivity contribution in [3.63, 3.8) is 0 Å². The maximum absolute atomic E-state index is 12.7. The zero-order valence-electron chi connectivity index (χ0n) is 52.0. The number of anilines is 4. The highest BCUT2D eigenvalue weighted by Crippen LogP contribution is 2.45. The highest BCUT2D eigenvalue weighted by molar-refractivity contribution is 5.96. The molecule has 0 aromatic heterocycles. The van der Waals surface area contributed by atoms with Crippen molar-refractivity contribution < 1.29 is 19.4 Å². The van der Waals surface area contributed by atoms with Gasteiger partial charge in [0, 0.05) is 98.5 Å². The molecule has 9 atom stereocenters. The van der Waals surface area contributed by atoms with Crippen molar-refractivity contribution in [3.8, 4) is 0 Å². The van der Waals surface area contributed by atoms with E-state index < -0.39 is 0 Å². The number of nitro benzene ring substituents is 2. The maximum Gasteiger partial charge on any atom is 0.292 e. The summed E-state index contributed by atoms with van der Waals surface area (Å²) in [6.07, 6.45) is 46.7. The minimum absolute atomic E-state index is 0.0281. The number of fused-ring (bicyclic) bond motifs is 6. The summed E-state index contributed by atoms with van der Waals surface area (Å²) in [5.41, 5.74) is 9.24. The van der Waals surface area contributed by atoms with Crippen LogP contribution in [0.3, 0.4) is 0 Å². The summed E-state index contributed by atoms with van der Waals surface area (Å²) in [6.45, 7) is 3.25. The van der Waals surface area contributed by atoms with Crippen LogP contribution in [0.1, 0.15) is 245 Å². The van der Waals surface area contributed by atoms with Crippen LogP contribution in [0.4, 0.5) is 34.1 Å². The van der Waals surface area contributed by atoms with Crippen LogP contribution in [-0.2, 0) is 9.59 Å². The molecular weight excluding hydrogens is 1060 g/mol. The molecule has 9 aliphatic rings. The van der Waals surface area contributed by atoms with E-state index in [0.717, 1.165) is 56.3 Å². The fraction of sp³-hybridized carbons (Fsp3) is 0.714. The van der Waals surface area contributed by atoms with Gasteiger partial charge < -0.3 is 20.9 Å². The number of nitro groups is 2. The van der Waals surface area contributed by atoms with Gasteiger partial charge in [-0.1, -0.05) is 152 Å². The largest absolute Gasteiger partial charge is 0.397 e. The van der Waals surface area contributed by atoms with Crippen LogP contribution in [0, 0.1) is 20.2 Å². The summed E-state index contributed by atoms with van der Waals surface area (Å²) in [6, 6.07) is 28.1. The number of nitrogen functional groups attached to an aromatic ring is 1. The highest BCUT2D eigenvalue weighted by Gasteiger charge is 2.47. The van der Waals surface area contributed by atoms with Crippen molar-refractivity contribution in [2.24, 2.45) is 0 Å². The van der Waals surface area contributed by atoms with Gasteiger partial charge in [-0.3, -0.25) is 44.5 Å². The van der Waals surface area contributed by atoms with E-state index >= 15 is 0 Å². The quantitative estimate of drug-likeness (QED) is 0.106. The first kappa shape index (κ1) is 62.9. The second-order valence-electron chi connectivity index (χ2n) is 27.5. The third-order valence-electron chi connectivity index (χ3n) is 21.9. The molecule has 2 amide bonds. The number of nitrogens with two attached hydrogens (primary N) is 1. The molecule has 3 aromatic rings. The summed E-state index contributed by atoms with van der Waals surface area (Å²) < 4.78 is 0. The van der Waals surface area contributed by atoms with E-state index in [9.17, 15) is 29.8 Å². The lowest BCUT2D eigenvalue weighted by Gasteiger charge is -2.54. The van der Waals surface area contributed by atoms with Gasteiger partial charge in [0.15, 0.2) is 0 Å². The average Bonchev–Trinajstić information content (AvgIpc) is 1.76. The number of rotatable bonds is 11. The number of para-hydroxylation sites is 6. The van der Waals surface area contributed by atoms with E-state index in [1.807, 2.05) is 41.3 Å². The number of benzene rings is 3. The van der Waals surface area contributed by atoms with E-state index in [2.05, 4.69) is 20.0 Å². The molecule has 12 rings (SSSR count). The summed E-state index contributed by atoms with van der Waals surface area (Å²) >= 11 is 0. The molecule has 6 heterocycles. The van der Waals surface area contributed by atoms with Gasteiger partial charge in [-0.15, -0.1) is 0 Å². The van der Waals surface area contributed by atoms with Crippen LogP contribution >= 0.6 is 0 Å². The fourth-order valence-corrected chi connectivity index (χ4v) is 18.5. The normalized spacial score (nSPS) is 29.4. The Hall–Kier alpha value is -5.12. The number of carbonyl (C=O) groups excluding carboxylic acids is 2. The molecular formula is C70H105N9O6. The van der Waals surface area contributed by atoms with Crippen LogP contribution in [-0.4, -0.2) is 109 Å². The smallest absolute Gasteiger partial charge is 0.292 e. The number of nitrogens with zero attached hydrogens (tertiary/aromatic N) is 7. The monoisotopic (exact) mass is 1170 g/mol. The lowest BCUT2D eigenvalue weighted by molar-refractivity contribution is -0.384.